The molecule has 154 valence electrons. The summed E-state index contributed by atoms with van der Waals surface area (Å²) in [4.78, 5) is 6.58. The minimum atomic E-state index is 0. The van der Waals surface area contributed by atoms with Gasteiger partial charge in [-0.05, 0) is 50.1 Å². The van der Waals surface area contributed by atoms with E-state index in [1.807, 2.05) is 46.1 Å². The topological polar surface area (TPSA) is 72.1 Å². The lowest BCUT2D eigenvalue weighted by molar-refractivity contribution is 0.332. The van der Waals surface area contributed by atoms with Crippen LogP contribution in [-0.4, -0.2) is 33.3 Å². The van der Waals surface area contributed by atoms with Crippen LogP contribution in [0.5, 0.6) is 11.5 Å². The lowest BCUT2D eigenvalue weighted by atomic mass is 10.1. The third-order valence-corrected chi connectivity index (χ3v) is 3.97. The Balaban J connectivity index is 0.00000392. The largest absolute Gasteiger partial charge is 0.494 e. The van der Waals surface area contributed by atoms with Crippen molar-refractivity contribution in [3.63, 3.8) is 0 Å². The monoisotopic (exact) mass is 498 g/mol. The maximum atomic E-state index is 6.13. The van der Waals surface area contributed by atoms with Crippen molar-refractivity contribution in [2.75, 3.05) is 37.5 Å². The molecule has 6 nitrogen and oxygen atoms in total. The van der Waals surface area contributed by atoms with E-state index in [1.165, 1.54) is 5.56 Å². The summed E-state index contributed by atoms with van der Waals surface area (Å²) in [6.45, 7) is 7.62. The highest BCUT2D eigenvalue weighted by Crippen LogP contribution is 2.29. The molecule has 0 radical (unpaired) electrons. The summed E-state index contributed by atoms with van der Waals surface area (Å²) in [6.07, 6.45) is 0. The molecule has 0 unspecified atom stereocenters. The Morgan fingerprint density at radius 1 is 1.07 bits per heavy atom. The molecule has 2 rings (SSSR count). The average Bonchev–Trinajstić information content (AvgIpc) is 2.63. The molecular weight excluding hydrogens is 467 g/mol. The summed E-state index contributed by atoms with van der Waals surface area (Å²) in [5, 5.41) is 3.13. The molecule has 0 saturated carbocycles. The second kappa shape index (κ2) is 11.6. The fourth-order valence-electron chi connectivity index (χ4n) is 2.72. The van der Waals surface area contributed by atoms with Gasteiger partial charge >= 0.3 is 0 Å². The van der Waals surface area contributed by atoms with Gasteiger partial charge in [-0.1, -0.05) is 12.1 Å². The number of anilines is 2. The minimum Gasteiger partial charge on any atom is -0.494 e. The van der Waals surface area contributed by atoms with E-state index in [-0.39, 0.29) is 24.0 Å². The van der Waals surface area contributed by atoms with E-state index >= 15 is 0 Å². The van der Waals surface area contributed by atoms with Crippen LogP contribution in [0, 0.1) is 6.92 Å². The number of benzene rings is 2. The van der Waals surface area contributed by atoms with Crippen molar-refractivity contribution < 1.29 is 9.47 Å². The Kier molecular flexibility index (Phi) is 9.92. The van der Waals surface area contributed by atoms with Crippen molar-refractivity contribution in [3.8, 4) is 11.5 Å². The smallest absolute Gasteiger partial charge is 0.193 e. The molecule has 0 aromatic heterocycles. The zero-order valence-electron chi connectivity index (χ0n) is 17.3. The summed E-state index contributed by atoms with van der Waals surface area (Å²) in [6, 6.07) is 11.9. The number of ether oxygens (including phenoxy) is 2. The average molecular weight is 498 g/mol. The molecule has 0 bridgehead atoms. The summed E-state index contributed by atoms with van der Waals surface area (Å²) in [7, 11) is 4.05. The van der Waals surface area contributed by atoms with Gasteiger partial charge in [-0.3, -0.25) is 0 Å². The quantitative estimate of drug-likeness (QED) is 0.321. The lowest BCUT2D eigenvalue weighted by Gasteiger charge is -2.18. The molecule has 0 aliphatic rings. The summed E-state index contributed by atoms with van der Waals surface area (Å²) in [5.41, 5.74) is 10.3. The van der Waals surface area contributed by atoms with Crippen LogP contribution >= 0.6 is 24.0 Å². The molecule has 0 saturated heterocycles. The van der Waals surface area contributed by atoms with Gasteiger partial charge in [0.1, 0.15) is 11.5 Å². The molecule has 0 heterocycles. The van der Waals surface area contributed by atoms with Crippen molar-refractivity contribution in [1.29, 1.82) is 0 Å². The SMILES string of the molecule is CCOc1ccc(OCC)c(NC(N)=NCc2ccc(C)cc2N(C)C)c1.I. The Labute approximate surface area is 185 Å². The first-order valence-electron chi connectivity index (χ1n) is 9.18. The van der Waals surface area contributed by atoms with Gasteiger partial charge in [0.25, 0.3) is 0 Å². The molecule has 0 spiro atoms. The second-order valence-corrected chi connectivity index (χ2v) is 6.38. The van der Waals surface area contributed by atoms with Gasteiger partial charge in [-0.2, -0.15) is 0 Å². The van der Waals surface area contributed by atoms with Crippen LogP contribution in [0.25, 0.3) is 0 Å². The molecule has 0 amide bonds. The van der Waals surface area contributed by atoms with Crippen LogP contribution < -0.4 is 25.4 Å². The Morgan fingerprint density at radius 2 is 1.79 bits per heavy atom. The van der Waals surface area contributed by atoms with Gasteiger partial charge < -0.3 is 25.4 Å². The van der Waals surface area contributed by atoms with E-state index in [0.29, 0.717) is 31.5 Å². The molecule has 0 aliphatic carbocycles. The number of halogens is 1. The number of nitrogens with two attached hydrogens (primary N) is 1. The van der Waals surface area contributed by atoms with Crippen LogP contribution in [0.3, 0.4) is 0 Å². The van der Waals surface area contributed by atoms with Crippen LogP contribution in [0.2, 0.25) is 0 Å². The van der Waals surface area contributed by atoms with Gasteiger partial charge in [-0.15, -0.1) is 24.0 Å². The first-order valence-corrected chi connectivity index (χ1v) is 9.18. The fraction of sp³-hybridized carbons (Fsp3) is 0.381. The van der Waals surface area contributed by atoms with E-state index in [2.05, 4.69) is 40.3 Å². The molecule has 0 aliphatic heterocycles. The maximum Gasteiger partial charge on any atom is 0.193 e. The standard InChI is InChI=1S/C21H30N4O2.HI/c1-6-26-17-10-11-20(27-7-2)18(13-17)24-21(22)23-14-16-9-8-15(3)12-19(16)25(4)5;/h8-13H,6-7,14H2,1-5H3,(H3,22,23,24);1H. The third kappa shape index (κ3) is 6.78. The van der Waals surface area contributed by atoms with Gasteiger partial charge in [0.2, 0.25) is 0 Å². The molecule has 0 atom stereocenters. The molecule has 2 aromatic rings. The Bertz CT molecular complexity index is 794. The van der Waals surface area contributed by atoms with E-state index in [9.17, 15) is 0 Å². The van der Waals surface area contributed by atoms with Crippen molar-refractivity contribution >= 4 is 41.3 Å². The molecular formula is C21H31IN4O2. The van der Waals surface area contributed by atoms with Gasteiger partial charge in [0.05, 0.1) is 25.4 Å². The van der Waals surface area contributed by atoms with Crippen LogP contribution in [0.1, 0.15) is 25.0 Å². The zero-order chi connectivity index (χ0) is 19.8. The number of nitrogens with zero attached hydrogens (tertiary/aromatic N) is 2. The van der Waals surface area contributed by atoms with Gasteiger partial charge in [0.15, 0.2) is 5.96 Å². The summed E-state index contributed by atoms with van der Waals surface area (Å²) < 4.78 is 11.2. The summed E-state index contributed by atoms with van der Waals surface area (Å²) in [5.74, 6) is 1.79. The number of rotatable bonds is 8. The molecule has 0 fully saturated rings. The van der Waals surface area contributed by atoms with Crippen LogP contribution in [0.15, 0.2) is 41.4 Å². The summed E-state index contributed by atoms with van der Waals surface area (Å²) >= 11 is 0. The van der Waals surface area contributed by atoms with Gasteiger partial charge in [-0.25, -0.2) is 4.99 Å². The highest BCUT2D eigenvalue weighted by atomic mass is 127. The first kappa shape index (κ1) is 23.9. The Hall–Kier alpha value is -2.16. The first-order chi connectivity index (χ1) is 12.9. The van der Waals surface area contributed by atoms with E-state index in [4.69, 9.17) is 15.2 Å². The van der Waals surface area contributed by atoms with E-state index < -0.39 is 0 Å². The normalized spacial score (nSPS) is 10.8. The number of hydrogen-bond acceptors (Lipinski definition) is 4. The highest BCUT2D eigenvalue weighted by Gasteiger charge is 2.08. The predicted molar refractivity (Wildman–Crippen MR) is 129 cm³/mol. The number of aryl methyl sites for hydroxylation is 1. The number of nitrogens with one attached hydrogen (secondary N) is 1. The van der Waals surface area contributed by atoms with Crippen molar-refractivity contribution in [2.24, 2.45) is 10.7 Å². The minimum absolute atomic E-state index is 0. The Morgan fingerprint density at radius 3 is 2.43 bits per heavy atom. The fourth-order valence-corrected chi connectivity index (χ4v) is 2.72. The van der Waals surface area contributed by atoms with Crippen molar-refractivity contribution in [3.05, 3.63) is 47.5 Å². The lowest BCUT2D eigenvalue weighted by Crippen LogP contribution is -2.23. The van der Waals surface area contributed by atoms with Crippen molar-refractivity contribution in [2.45, 2.75) is 27.3 Å². The number of aliphatic imine (C=N–C) groups is 1. The third-order valence-electron chi connectivity index (χ3n) is 3.97. The zero-order valence-corrected chi connectivity index (χ0v) is 19.6. The second-order valence-electron chi connectivity index (χ2n) is 6.38. The highest BCUT2D eigenvalue weighted by molar-refractivity contribution is 14.0. The molecule has 3 N–H and O–H groups in total. The number of hydrogen-bond donors (Lipinski definition) is 2. The molecule has 7 heteroatoms. The maximum absolute atomic E-state index is 6.13. The van der Waals surface area contributed by atoms with Crippen LogP contribution in [0.4, 0.5) is 11.4 Å². The van der Waals surface area contributed by atoms with Crippen molar-refractivity contribution in [1.82, 2.24) is 0 Å². The van der Waals surface area contributed by atoms with E-state index in [0.717, 1.165) is 22.7 Å². The van der Waals surface area contributed by atoms with E-state index in [1.54, 1.807) is 0 Å². The van der Waals surface area contributed by atoms with Gasteiger partial charge in [0, 0.05) is 25.8 Å². The molecule has 2 aromatic carbocycles. The predicted octanol–water partition coefficient (Wildman–Crippen LogP) is 4.40. The number of guanidine groups is 1. The van der Waals surface area contributed by atoms with Crippen LogP contribution in [-0.2, 0) is 6.54 Å². The molecule has 28 heavy (non-hydrogen) atoms.